The molecule has 1 rings (SSSR count). The Morgan fingerprint density at radius 1 is 1.47 bits per heavy atom. The average molecular weight is 259 g/mol. The number of thioether (sulfide) groups is 1. The minimum atomic E-state index is -0.586. The summed E-state index contributed by atoms with van der Waals surface area (Å²) in [5, 5.41) is 2.37. The Bertz CT molecular complexity index is 398. The number of nitrogens with one attached hydrogen (secondary N) is 1. The van der Waals surface area contributed by atoms with E-state index in [9.17, 15) is 13.6 Å². The Kier molecular flexibility index (Phi) is 5.41. The number of benzene rings is 1. The van der Waals surface area contributed by atoms with E-state index in [0.717, 1.165) is 6.07 Å². The lowest BCUT2D eigenvalue weighted by atomic mass is 10.1. The van der Waals surface area contributed by atoms with E-state index in [-0.39, 0.29) is 16.9 Å². The highest BCUT2D eigenvalue weighted by Crippen LogP contribution is 2.33. The molecule has 0 aliphatic rings. The van der Waals surface area contributed by atoms with Gasteiger partial charge in [-0.2, -0.15) is 0 Å². The van der Waals surface area contributed by atoms with Crippen molar-refractivity contribution in [3.05, 3.63) is 35.4 Å². The molecule has 5 heteroatoms. The molecule has 17 heavy (non-hydrogen) atoms. The van der Waals surface area contributed by atoms with Crippen molar-refractivity contribution in [1.82, 2.24) is 5.32 Å². The fourth-order valence-electron chi connectivity index (χ4n) is 1.44. The van der Waals surface area contributed by atoms with Crippen LogP contribution in [0, 0.1) is 11.6 Å². The molecule has 0 bridgehead atoms. The Morgan fingerprint density at radius 2 is 2.18 bits per heavy atom. The normalized spacial score (nSPS) is 12.2. The van der Waals surface area contributed by atoms with E-state index in [1.165, 1.54) is 23.9 Å². The van der Waals surface area contributed by atoms with Gasteiger partial charge in [0.25, 0.3) is 0 Å². The molecule has 0 radical (unpaired) electrons. The molecule has 1 amide bonds. The summed E-state index contributed by atoms with van der Waals surface area (Å²) in [5.41, 5.74) is 0.447. The third kappa shape index (κ3) is 4.00. The van der Waals surface area contributed by atoms with Crippen LogP contribution in [0.5, 0.6) is 0 Å². The van der Waals surface area contributed by atoms with Crippen molar-refractivity contribution >= 4 is 17.7 Å². The van der Waals surface area contributed by atoms with Crippen LogP contribution in [0.3, 0.4) is 0 Å². The van der Waals surface area contributed by atoms with Gasteiger partial charge in [0, 0.05) is 23.9 Å². The van der Waals surface area contributed by atoms with Gasteiger partial charge in [0.1, 0.15) is 11.6 Å². The summed E-state index contributed by atoms with van der Waals surface area (Å²) in [6.07, 6.45) is 0.685. The van der Waals surface area contributed by atoms with Crippen LogP contribution in [0.4, 0.5) is 8.78 Å². The van der Waals surface area contributed by atoms with Crippen LogP contribution in [-0.4, -0.2) is 18.7 Å². The molecule has 0 saturated carbocycles. The van der Waals surface area contributed by atoms with Crippen LogP contribution in [-0.2, 0) is 4.79 Å². The Balaban J connectivity index is 2.75. The minimum absolute atomic E-state index is 0.101. The second-order valence-corrected chi connectivity index (χ2v) is 4.74. The van der Waals surface area contributed by atoms with E-state index in [4.69, 9.17) is 0 Å². The number of rotatable bonds is 5. The molecule has 0 aliphatic carbocycles. The predicted octanol–water partition coefficient (Wildman–Crippen LogP) is 2.90. The molecule has 1 N–H and O–H groups in total. The maximum Gasteiger partial charge on any atom is 0.229 e. The average Bonchev–Trinajstić information content (AvgIpc) is 2.31. The van der Waals surface area contributed by atoms with Gasteiger partial charge < -0.3 is 5.32 Å². The maximum atomic E-state index is 13.5. The zero-order valence-corrected chi connectivity index (χ0v) is 10.6. The molecule has 2 nitrogen and oxygen atoms in total. The number of hydrogen-bond donors (Lipinski definition) is 1. The van der Waals surface area contributed by atoms with E-state index in [1.54, 1.807) is 7.05 Å². The van der Waals surface area contributed by atoms with Gasteiger partial charge in [-0.15, -0.1) is 11.8 Å². The SMILES string of the molecule is CC[C@@H](SCC(=O)NC)c1ccc(F)cc1F. The second-order valence-electron chi connectivity index (χ2n) is 3.55. The molecule has 0 unspecified atom stereocenters. The summed E-state index contributed by atoms with van der Waals surface area (Å²) in [7, 11) is 1.56. The fraction of sp³-hybridized carbons (Fsp3) is 0.417. The quantitative estimate of drug-likeness (QED) is 0.881. The van der Waals surface area contributed by atoms with Crippen molar-refractivity contribution in [3.63, 3.8) is 0 Å². The molecule has 94 valence electrons. The monoisotopic (exact) mass is 259 g/mol. The van der Waals surface area contributed by atoms with Crippen molar-refractivity contribution in [2.75, 3.05) is 12.8 Å². The molecule has 0 fully saturated rings. The summed E-state index contributed by atoms with van der Waals surface area (Å²) >= 11 is 1.35. The third-order valence-corrected chi connectivity index (χ3v) is 3.79. The fourth-order valence-corrected chi connectivity index (χ4v) is 2.54. The summed E-state index contributed by atoms with van der Waals surface area (Å²) in [6.45, 7) is 1.91. The van der Waals surface area contributed by atoms with Crippen LogP contribution < -0.4 is 5.32 Å². The molecule has 1 aromatic rings. The van der Waals surface area contributed by atoms with E-state index < -0.39 is 11.6 Å². The maximum absolute atomic E-state index is 13.5. The number of halogens is 2. The molecule has 0 heterocycles. The topological polar surface area (TPSA) is 29.1 Å². The van der Waals surface area contributed by atoms with Crippen molar-refractivity contribution < 1.29 is 13.6 Å². The first kappa shape index (κ1) is 14.0. The Morgan fingerprint density at radius 3 is 2.71 bits per heavy atom. The molecule has 0 aromatic heterocycles. The van der Waals surface area contributed by atoms with Crippen molar-refractivity contribution in [2.24, 2.45) is 0 Å². The van der Waals surface area contributed by atoms with E-state index in [1.807, 2.05) is 6.92 Å². The van der Waals surface area contributed by atoms with Crippen LogP contribution >= 0.6 is 11.8 Å². The Hall–Kier alpha value is -1.10. The predicted molar refractivity (Wildman–Crippen MR) is 65.9 cm³/mol. The van der Waals surface area contributed by atoms with Crippen LogP contribution in [0.15, 0.2) is 18.2 Å². The van der Waals surface area contributed by atoms with Gasteiger partial charge in [0.15, 0.2) is 0 Å². The summed E-state index contributed by atoms with van der Waals surface area (Å²) in [6, 6.07) is 3.55. The van der Waals surface area contributed by atoms with Gasteiger partial charge in [-0.3, -0.25) is 4.79 Å². The molecule has 1 atom stereocenters. The van der Waals surface area contributed by atoms with Crippen LogP contribution in [0.25, 0.3) is 0 Å². The first-order valence-corrected chi connectivity index (χ1v) is 6.40. The van der Waals surface area contributed by atoms with Gasteiger partial charge in [0.2, 0.25) is 5.91 Å². The van der Waals surface area contributed by atoms with Gasteiger partial charge >= 0.3 is 0 Å². The van der Waals surface area contributed by atoms with E-state index in [0.29, 0.717) is 12.0 Å². The van der Waals surface area contributed by atoms with Crippen LogP contribution in [0.2, 0.25) is 0 Å². The van der Waals surface area contributed by atoms with Gasteiger partial charge in [-0.25, -0.2) is 8.78 Å². The molecule has 0 spiro atoms. The van der Waals surface area contributed by atoms with Gasteiger partial charge in [-0.05, 0) is 12.5 Å². The number of carbonyl (C=O) groups is 1. The van der Waals surface area contributed by atoms with Crippen LogP contribution in [0.1, 0.15) is 24.2 Å². The molecule has 0 aliphatic heterocycles. The largest absolute Gasteiger partial charge is 0.358 e. The van der Waals surface area contributed by atoms with Crippen molar-refractivity contribution in [3.8, 4) is 0 Å². The van der Waals surface area contributed by atoms with Gasteiger partial charge in [0.05, 0.1) is 5.75 Å². The summed E-state index contributed by atoms with van der Waals surface area (Å²) in [4.78, 5) is 11.1. The number of hydrogen-bond acceptors (Lipinski definition) is 2. The zero-order valence-electron chi connectivity index (χ0n) is 9.80. The van der Waals surface area contributed by atoms with E-state index >= 15 is 0 Å². The third-order valence-electron chi connectivity index (χ3n) is 2.37. The first-order chi connectivity index (χ1) is 8.08. The number of carbonyl (C=O) groups excluding carboxylic acids is 1. The lowest BCUT2D eigenvalue weighted by Gasteiger charge is -2.15. The lowest BCUT2D eigenvalue weighted by molar-refractivity contribution is -0.118. The zero-order chi connectivity index (χ0) is 12.8. The van der Waals surface area contributed by atoms with Crippen molar-refractivity contribution in [1.29, 1.82) is 0 Å². The van der Waals surface area contributed by atoms with Gasteiger partial charge in [-0.1, -0.05) is 13.0 Å². The van der Waals surface area contributed by atoms with Crippen molar-refractivity contribution in [2.45, 2.75) is 18.6 Å². The Labute approximate surface area is 104 Å². The molecule has 1 aromatic carbocycles. The smallest absolute Gasteiger partial charge is 0.229 e. The number of amides is 1. The standard InChI is InChI=1S/C12H15F2NOS/c1-3-11(17-7-12(16)15-2)9-5-4-8(13)6-10(9)14/h4-6,11H,3,7H2,1-2H3,(H,15,16)/t11-/m1/s1. The molecular weight excluding hydrogens is 244 g/mol. The van der Waals surface area contributed by atoms with E-state index in [2.05, 4.69) is 5.32 Å². The molecular formula is C12H15F2NOS. The molecule has 0 saturated heterocycles. The summed E-state index contributed by atoms with van der Waals surface area (Å²) in [5.74, 6) is -0.971. The highest BCUT2D eigenvalue weighted by atomic mass is 32.2. The highest BCUT2D eigenvalue weighted by molar-refractivity contribution is 8.00. The summed E-state index contributed by atoms with van der Waals surface area (Å²) < 4.78 is 26.3. The minimum Gasteiger partial charge on any atom is -0.358 e. The lowest BCUT2D eigenvalue weighted by Crippen LogP contribution is -2.20. The highest BCUT2D eigenvalue weighted by Gasteiger charge is 2.16. The first-order valence-electron chi connectivity index (χ1n) is 5.35. The second kappa shape index (κ2) is 6.59.